The van der Waals surface area contributed by atoms with Gasteiger partial charge >= 0.3 is 0 Å². The Balaban J connectivity index is 0.00000162. The molecule has 4 aromatic rings. The minimum absolute atomic E-state index is 0. The van der Waals surface area contributed by atoms with Gasteiger partial charge in [-0.1, -0.05) is 12.1 Å². The van der Waals surface area contributed by atoms with Crippen molar-refractivity contribution < 1.29 is 9.18 Å². The monoisotopic (exact) mass is 500 g/mol. The summed E-state index contributed by atoms with van der Waals surface area (Å²) < 4.78 is 15.6. The second kappa shape index (κ2) is 10.7. The average molecular weight is 501 g/mol. The number of aryl methyl sites for hydroxylation is 1. The van der Waals surface area contributed by atoms with Crippen LogP contribution >= 0.6 is 24.8 Å². The minimum atomic E-state index is -0.345. The molecule has 7 nitrogen and oxygen atoms in total. The van der Waals surface area contributed by atoms with Crippen LogP contribution in [0.5, 0.6) is 0 Å². The van der Waals surface area contributed by atoms with Crippen LogP contribution < -0.4 is 10.7 Å². The normalized spacial score (nSPS) is 12.9. The first-order chi connectivity index (χ1) is 15.6. The van der Waals surface area contributed by atoms with Crippen molar-refractivity contribution in [3.8, 4) is 11.5 Å². The molecule has 176 valence electrons. The molecule has 0 bridgehead atoms. The van der Waals surface area contributed by atoms with Crippen molar-refractivity contribution in [2.24, 2.45) is 0 Å². The number of fused-ring (bicyclic) bond motifs is 1. The molecule has 0 fully saturated rings. The molecular weight excluding hydrogens is 478 g/mol. The number of nitrogens with zero attached hydrogens (tertiary/aromatic N) is 4. The Hall–Kier alpha value is -3.33. The highest BCUT2D eigenvalue weighted by molar-refractivity contribution is 6.02. The first-order valence-corrected chi connectivity index (χ1v) is 10.4. The van der Waals surface area contributed by atoms with Crippen molar-refractivity contribution in [1.29, 1.82) is 0 Å². The van der Waals surface area contributed by atoms with Crippen LogP contribution in [0.4, 0.5) is 4.39 Å². The maximum Gasteiger partial charge on any atom is 0.273 e. The van der Waals surface area contributed by atoms with Crippen LogP contribution in [0.3, 0.4) is 0 Å². The number of aromatic nitrogens is 4. The molecule has 2 N–H and O–H groups in total. The molecule has 0 saturated heterocycles. The van der Waals surface area contributed by atoms with E-state index in [1.807, 2.05) is 24.4 Å². The van der Waals surface area contributed by atoms with E-state index in [1.165, 1.54) is 18.3 Å². The smallest absolute Gasteiger partial charge is 0.273 e. The van der Waals surface area contributed by atoms with Gasteiger partial charge in [0.15, 0.2) is 5.82 Å². The van der Waals surface area contributed by atoms with Gasteiger partial charge in [-0.2, -0.15) is 0 Å². The molecule has 4 heterocycles. The Labute approximate surface area is 208 Å². The molecule has 0 saturated carbocycles. The molecule has 0 unspecified atom stereocenters. The summed E-state index contributed by atoms with van der Waals surface area (Å²) in [5.41, 5.74) is 7.21. The fraction of sp³-hybridized carbons (Fsp3) is 0.167. The second-order valence-electron chi connectivity index (χ2n) is 7.61. The number of carbonyl (C=O) groups excluding carboxylic acids is 1. The van der Waals surface area contributed by atoms with Gasteiger partial charge in [-0.25, -0.2) is 14.4 Å². The highest BCUT2D eigenvalue weighted by atomic mass is 35.5. The third-order valence-electron chi connectivity index (χ3n) is 5.52. The fourth-order valence-corrected chi connectivity index (χ4v) is 3.90. The number of halogens is 3. The lowest BCUT2D eigenvalue weighted by atomic mass is 10.00. The molecule has 1 aromatic carbocycles. The van der Waals surface area contributed by atoms with E-state index < -0.39 is 0 Å². The van der Waals surface area contributed by atoms with Gasteiger partial charge in [-0.15, -0.1) is 24.8 Å². The van der Waals surface area contributed by atoms with Crippen LogP contribution in [0.1, 0.15) is 28.0 Å². The maximum absolute atomic E-state index is 14.0. The second-order valence-corrected chi connectivity index (χ2v) is 7.61. The predicted molar refractivity (Wildman–Crippen MR) is 136 cm³/mol. The summed E-state index contributed by atoms with van der Waals surface area (Å²) in [7, 11) is 0. The van der Waals surface area contributed by atoms with Crippen LogP contribution in [0.25, 0.3) is 28.0 Å². The lowest BCUT2D eigenvalue weighted by Gasteiger charge is -2.13. The average Bonchev–Trinajstić information content (AvgIpc) is 3.17. The Morgan fingerprint density at radius 2 is 2.03 bits per heavy atom. The Kier molecular flexibility index (Phi) is 7.98. The zero-order chi connectivity index (χ0) is 22.1. The SMILES string of the molecule is Cc1nc(-c2ccccn2)ncc1C(=O)Nn1cc(C2=CCNCC2)c2cc(F)ccc21.Cl.Cl. The first-order valence-electron chi connectivity index (χ1n) is 10.4. The summed E-state index contributed by atoms with van der Waals surface area (Å²) in [6, 6.07) is 10.1. The van der Waals surface area contributed by atoms with E-state index in [0.717, 1.165) is 41.5 Å². The standard InChI is InChI=1S/C24H21FN6O.2ClH/c1-15-19(13-28-23(29-15)21-4-2-3-9-27-21)24(32)30-31-14-20(16-7-10-26-11-8-16)18-12-17(25)5-6-22(18)31;;/h2-7,9,12-14,26H,8,10-11H2,1H3,(H,30,32);2*1H. The zero-order valence-corrected chi connectivity index (χ0v) is 19.9. The van der Waals surface area contributed by atoms with E-state index in [2.05, 4.69) is 31.8 Å². The number of carbonyl (C=O) groups is 1. The molecule has 1 aliphatic heterocycles. The first kappa shape index (κ1) is 25.3. The molecule has 5 rings (SSSR count). The number of hydrogen-bond acceptors (Lipinski definition) is 5. The molecule has 1 amide bonds. The molecule has 10 heteroatoms. The Morgan fingerprint density at radius 3 is 2.74 bits per heavy atom. The number of rotatable bonds is 4. The molecule has 0 radical (unpaired) electrons. The van der Waals surface area contributed by atoms with E-state index in [0.29, 0.717) is 22.8 Å². The highest BCUT2D eigenvalue weighted by Crippen LogP contribution is 2.30. The van der Waals surface area contributed by atoms with Crippen molar-refractivity contribution in [1.82, 2.24) is 24.9 Å². The quantitative estimate of drug-likeness (QED) is 0.429. The third-order valence-corrected chi connectivity index (χ3v) is 5.52. The number of nitrogens with one attached hydrogen (secondary N) is 2. The van der Waals surface area contributed by atoms with Gasteiger partial charge < -0.3 is 5.32 Å². The Morgan fingerprint density at radius 1 is 1.18 bits per heavy atom. The number of amides is 1. The summed E-state index contributed by atoms with van der Waals surface area (Å²) in [5, 5.41) is 4.04. The van der Waals surface area contributed by atoms with Crippen LogP contribution in [-0.4, -0.2) is 38.6 Å². The van der Waals surface area contributed by atoms with Crippen LogP contribution in [0, 0.1) is 12.7 Å². The minimum Gasteiger partial charge on any atom is -0.313 e. The molecule has 3 aromatic heterocycles. The summed E-state index contributed by atoms with van der Waals surface area (Å²) in [5.74, 6) is -0.199. The van der Waals surface area contributed by atoms with Gasteiger partial charge in [0.05, 0.1) is 16.8 Å². The molecule has 1 aliphatic rings. The summed E-state index contributed by atoms with van der Waals surface area (Å²) in [4.78, 5) is 26.1. The van der Waals surface area contributed by atoms with Gasteiger partial charge in [-0.3, -0.25) is 19.9 Å². The molecule has 34 heavy (non-hydrogen) atoms. The molecule has 0 spiro atoms. The highest BCUT2D eigenvalue weighted by Gasteiger charge is 2.18. The van der Waals surface area contributed by atoms with E-state index in [4.69, 9.17) is 0 Å². The van der Waals surface area contributed by atoms with Gasteiger partial charge in [0.1, 0.15) is 11.5 Å². The van der Waals surface area contributed by atoms with Crippen LogP contribution in [-0.2, 0) is 0 Å². The van der Waals surface area contributed by atoms with Gasteiger partial charge in [0, 0.05) is 36.1 Å². The number of hydrogen-bond donors (Lipinski definition) is 2. The van der Waals surface area contributed by atoms with Crippen LogP contribution in [0.2, 0.25) is 0 Å². The molecular formula is C24H23Cl2FN6O. The van der Waals surface area contributed by atoms with Gasteiger partial charge in [0.25, 0.3) is 5.91 Å². The molecule has 0 atom stereocenters. The topological polar surface area (TPSA) is 84.7 Å². The Bertz CT molecular complexity index is 1360. The van der Waals surface area contributed by atoms with Crippen LogP contribution in [0.15, 0.2) is 61.1 Å². The lowest BCUT2D eigenvalue weighted by Crippen LogP contribution is -2.23. The number of benzene rings is 1. The summed E-state index contributed by atoms with van der Waals surface area (Å²) in [6.07, 6.45) is 7.96. The lowest BCUT2D eigenvalue weighted by molar-refractivity contribution is 0.101. The van der Waals surface area contributed by atoms with E-state index in [-0.39, 0.29) is 36.5 Å². The third kappa shape index (κ3) is 4.94. The predicted octanol–water partition coefficient (Wildman–Crippen LogP) is 4.55. The van der Waals surface area contributed by atoms with E-state index >= 15 is 0 Å². The number of pyridine rings is 1. The van der Waals surface area contributed by atoms with E-state index in [1.54, 1.807) is 23.9 Å². The summed E-state index contributed by atoms with van der Waals surface area (Å²) >= 11 is 0. The van der Waals surface area contributed by atoms with Crippen molar-refractivity contribution in [2.45, 2.75) is 13.3 Å². The van der Waals surface area contributed by atoms with Crippen molar-refractivity contribution in [2.75, 3.05) is 18.5 Å². The zero-order valence-electron chi connectivity index (χ0n) is 18.3. The molecule has 0 aliphatic carbocycles. The van der Waals surface area contributed by atoms with Gasteiger partial charge in [0.2, 0.25) is 0 Å². The maximum atomic E-state index is 14.0. The van der Waals surface area contributed by atoms with E-state index in [9.17, 15) is 9.18 Å². The largest absolute Gasteiger partial charge is 0.313 e. The van der Waals surface area contributed by atoms with Crippen molar-refractivity contribution >= 4 is 47.2 Å². The summed E-state index contributed by atoms with van der Waals surface area (Å²) in [6.45, 7) is 3.39. The van der Waals surface area contributed by atoms with Crippen molar-refractivity contribution in [3.05, 3.63) is 83.7 Å². The fourth-order valence-electron chi connectivity index (χ4n) is 3.90. The van der Waals surface area contributed by atoms with Crippen molar-refractivity contribution in [3.63, 3.8) is 0 Å². The van der Waals surface area contributed by atoms with Gasteiger partial charge in [-0.05, 0) is 55.8 Å².